The first-order valence-electron chi connectivity index (χ1n) is 4.47. The van der Waals surface area contributed by atoms with Gasteiger partial charge in [0.2, 0.25) is 0 Å². The number of halogens is 3. The fourth-order valence-corrected chi connectivity index (χ4v) is 2.00. The lowest BCUT2D eigenvalue weighted by atomic mass is 10.1. The lowest BCUT2D eigenvalue weighted by Crippen LogP contribution is -2.04. The molecule has 88 valence electrons. The first kappa shape index (κ1) is 11.8. The van der Waals surface area contributed by atoms with Crippen molar-refractivity contribution in [2.24, 2.45) is 0 Å². The fraction of sp³-hybridized carbons (Fsp3) is 0. The summed E-state index contributed by atoms with van der Waals surface area (Å²) in [6.45, 7) is 0. The highest BCUT2D eigenvalue weighted by Gasteiger charge is 2.23. The summed E-state index contributed by atoms with van der Waals surface area (Å²) >= 11 is 2.99. The fourth-order valence-electron chi connectivity index (χ4n) is 1.40. The molecule has 0 fully saturated rings. The molecular formula is C11H5BrF2O3. The van der Waals surface area contributed by atoms with Crippen molar-refractivity contribution in [2.75, 3.05) is 0 Å². The molecule has 0 spiro atoms. The van der Waals surface area contributed by atoms with Crippen molar-refractivity contribution in [1.82, 2.24) is 0 Å². The molecule has 0 radical (unpaired) electrons. The van der Waals surface area contributed by atoms with E-state index in [9.17, 15) is 13.6 Å². The molecule has 0 aliphatic heterocycles. The van der Waals surface area contributed by atoms with Crippen LogP contribution in [-0.4, -0.2) is 11.1 Å². The SMILES string of the molecule is O=C(O)c1cc(Br)c(-c2ccco2)c(F)c1F. The number of carbonyl (C=O) groups is 1. The van der Waals surface area contributed by atoms with Gasteiger partial charge >= 0.3 is 5.97 Å². The van der Waals surface area contributed by atoms with Gasteiger partial charge in [-0.2, -0.15) is 0 Å². The van der Waals surface area contributed by atoms with Crippen LogP contribution in [0.5, 0.6) is 0 Å². The van der Waals surface area contributed by atoms with E-state index in [1.165, 1.54) is 18.4 Å². The quantitative estimate of drug-likeness (QED) is 0.861. The molecule has 1 heterocycles. The van der Waals surface area contributed by atoms with E-state index in [1.807, 2.05) is 0 Å². The Bertz CT molecular complexity index is 579. The van der Waals surface area contributed by atoms with Crippen LogP contribution in [-0.2, 0) is 0 Å². The van der Waals surface area contributed by atoms with Gasteiger partial charge in [-0.3, -0.25) is 0 Å². The highest BCUT2D eigenvalue weighted by Crippen LogP contribution is 2.34. The van der Waals surface area contributed by atoms with Gasteiger partial charge in [0.15, 0.2) is 11.6 Å². The zero-order valence-corrected chi connectivity index (χ0v) is 9.79. The number of carboxylic acids is 1. The molecule has 0 aliphatic carbocycles. The molecule has 1 N–H and O–H groups in total. The third-order valence-corrected chi connectivity index (χ3v) is 2.78. The van der Waals surface area contributed by atoms with Crippen LogP contribution in [0.2, 0.25) is 0 Å². The highest BCUT2D eigenvalue weighted by atomic mass is 79.9. The summed E-state index contributed by atoms with van der Waals surface area (Å²) in [5, 5.41) is 8.69. The van der Waals surface area contributed by atoms with Crippen molar-refractivity contribution in [3.8, 4) is 11.3 Å². The second-order valence-electron chi connectivity index (χ2n) is 3.19. The average Bonchev–Trinajstić information content (AvgIpc) is 2.76. The number of carboxylic acid groups (broad SMARTS) is 1. The summed E-state index contributed by atoms with van der Waals surface area (Å²) < 4.78 is 32.3. The van der Waals surface area contributed by atoms with Crippen molar-refractivity contribution in [3.05, 3.63) is 46.1 Å². The molecule has 2 aromatic rings. The molecule has 0 aliphatic rings. The van der Waals surface area contributed by atoms with E-state index in [1.54, 1.807) is 0 Å². The number of hydrogen-bond acceptors (Lipinski definition) is 2. The number of aromatic carboxylic acids is 1. The van der Waals surface area contributed by atoms with Crippen LogP contribution >= 0.6 is 15.9 Å². The smallest absolute Gasteiger partial charge is 0.338 e. The van der Waals surface area contributed by atoms with Crippen molar-refractivity contribution < 1.29 is 23.1 Å². The first-order chi connectivity index (χ1) is 8.02. The zero-order chi connectivity index (χ0) is 12.6. The first-order valence-corrected chi connectivity index (χ1v) is 5.26. The van der Waals surface area contributed by atoms with Gasteiger partial charge in [-0.05, 0) is 34.1 Å². The summed E-state index contributed by atoms with van der Waals surface area (Å²) in [6.07, 6.45) is 1.31. The number of rotatable bonds is 2. The number of furan rings is 1. The van der Waals surface area contributed by atoms with E-state index in [2.05, 4.69) is 15.9 Å². The number of hydrogen-bond donors (Lipinski definition) is 1. The van der Waals surface area contributed by atoms with Gasteiger partial charge in [-0.1, -0.05) is 0 Å². The summed E-state index contributed by atoms with van der Waals surface area (Å²) in [5.74, 6) is -4.09. The Labute approximate surface area is 103 Å². The lowest BCUT2D eigenvalue weighted by molar-refractivity contribution is 0.0690. The van der Waals surface area contributed by atoms with Crippen LogP contribution < -0.4 is 0 Å². The molecule has 0 saturated heterocycles. The van der Waals surface area contributed by atoms with Crippen molar-refractivity contribution in [1.29, 1.82) is 0 Å². The molecule has 0 atom stereocenters. The maximum Gasteiger partial charge on any atom is 0.338 e. The molecule has 0 unspecified atom stereocenters. The van der Waals surface area contributed by atoms with Gasteiger partial charge in [-0.25, -0.2) is 13.6 Å². The van der Waals surface area contributed by atoms with E-state index in [0.717, 1.165) is 6.07 Å². The maximum atomic E-state index is 13.7. The largest absolute Gasteiger partial charge is 0.478 e. The molecule has 0 saturated carbocycles. The topological polar surface area (TPSA) is 50.4 Å². The zero-order valence-electron chi connectivity index (χ0n) is 8.21. The Balaban J connectivity index is 2.72. The lowest BCUT2D eigenvalue weighted by Gasteiger charge is -2.06. The molecule has 2 rings (SSSR count). The third-order valence-electron chi connectivity index (χ3n) is 2.16. The summed E-state index contributed by atoms with van der Waals surface area (Å²) in [5.41, 5.74) is -0.873. The van der Waals surface area contributed by atoms with Crippen LogP contribution in [0.4, 0.5) is 8.78 Å². The molecule has 0 amide bonds. The van der Waals surface area contributed by atoms with Gasteiger partial charge < -0.3 is 9.52 Å². The van der Waals surface area contributed by atoms with Crippen LogP contribution in [0, 0.1) is 11.6 Å². The Morgan fingerprint density at radius 3 is 2.59 bits per heavy atom. The Morgan fingerprint density at radius 2 is 2.06 bits per heavy atom. The number of benzene rings is 1. The second-order valence-corrected chi connectivity index (χ2v) is 4.05. The molecule has 1 aromatic carbocycles. The normalized spacial score (nSPS) is 10.5. The minimum atomic E-state index is -1.53. The van der Waals surface area contributed by atoms with E-state index < -0.39 is 23.2 Å². The molecule has 0 bridgehead atoms. The van der Waals surface area contributed by atoms with Crippen LogP contribution in [0.3, 0.4) is 0 Å². The average molecular weight is 303 g/mol. The van der Waals surface area contributed by atoms with Crippen LogP contribution in [0.1, 0.15) is 10.4 Å². The second kappa shape index (κ2) is 4.29. The maximum absolute atomic E-state index is 13.7. The van der Waals surface area contributed by atoms with Gasteiger partial charge in [0.05, 0.1) is 17.4 Å². The molecule has 1 aromatic heterocycles. The van der Waals surface area contributed by atoms with E-state index in [-0.39, 0.29) is 15.8 Å². The third kappa shape index (κ3) is 1.95. The van der Waals surface area contributed by atoms with Crippen molar-refractivity contribution in [3.63, 3.8) is 0 Å². The van der Waals surface area contributed by atoms with Crippen LogP contribution in [0.25, 0.3) is 11.3 Å². The molecule has 3 nitrogen and oxygen atoms in total. The summed E-state index contributed by atoms with van der Waals surface area (Å²) in [4.78, 5) is 10.7. The molecule has 6 heteroatoms. The standard InChI is InChI=1S/C11H5BrF2O3/c12-6-4-5(11(15)16)9(13)10(14)8(6)7-2-1-3-17-7/h1-4H,(H,15,16). The van der Waals surface area contributed by atoms with Crippen molar-refractivity contribution >= 4 is 21.9 Å². The van der Waals surface area contributed by atoms with Crippen molar-refractivity contribution in [2.45, 2.75) is 0 Å². The summed E-state index contributed by atoms with van der Waals surface area (Å²) in [6, 6.07) is 3.96. The Kier molecular flexibility index (Phi) is 2.97. The Morgan fingerprint density at radius 1 is 1.35 bits per heavy atom. The highest BCUT2D eigenvalue weighted by molar-refractivity contribution is 9.10. The molecule has 17 heavy (non-hydrogen) atoms. The van der Waals surface area contributed by atoms with E-state index >= 15 is 0 Å². The molecular weight excluding hydrogens is 298 g/mol. The predicted molar refractivity (Wildman–Crippen MR) is 58.7 cm³/mol. The monoisotopic (exact) mass is 302 g/mol. The van der Waals surface area contributed by atoms with E-state index in [4.69, 9.17) is 9.52 Å². The Hall–Kier alpha value is -1.69. The van der Waals surface area contributed by atoms with Crippen LogP contribution in [0.15, 0.2) is 33.4 Å². The summed E-state index contributed by atoms with van der Waals surface area (Å²) in [7, 11) is 0. The van der Waals surface area contributed by atoms with Gasteiger partial charge in [0, 0.05) is 4.47 Å². The van der Waals surface area contributed by atoms with Gasteiger partial charge in [0.25, 0.3) is 0 Å². The van der Waals surface area contributed by atoms with Gasteiger partial charge in [0.1, 0.15) is 5.76 Å². The van der Waals surface area contributed by atoms with E-state index in [0.29, 0.717) is 0 Å². The minimum Gasteiger partial charge on any atom is -0.478 e. The predicted octanol–water partition coefficient (Wildman–Crippen LogP) is 3.69. The van der Waals surface area contributed by atoms with Gasteiger partial charge in [-0.15, -0.1) is 0 Å². The minimum absolute atomic E-state index is 0.115.